The molecule has 1 aliphatic heterocycles. The maximum absolute atomic E-state index is 5.58. The van der Waals surface area contributed by atoms with Gasteiger partial charge in [0.1, 0.15) is 0 Å². The van der Waals surface area contributed by atoms with Gasteiger partial charge in [-0.3, -0.25) is 0 Å². The van der Waals surface area contributed by atoms with E-state index < -0.39 is 0 Å². The predicted molar refractivity (Wildman–Crippen MR) is 50.4 cm³/mol. The van der Waals surface area contributed by atoms with Gasteiger partial charge in [0.15, 0.2) is 0 Å². The van der Waals surface area contributed by atoms with Crippen molar-refractivity contribution in [1.29, 1.82) is 0 Å². The largest absolute Gasteiger partial charge is 0.376 e. The molecule has 0 aromatic carbocycles. The molecule has 0 aliphatic carbocycles. The fraction of sp³-hybridized carbons (Fsp3) is 1.00. The Morgan fingerprint density at radius 1 is 1.50 bits per heavy atom. The summed E-state index contributed by atoms with van der Waals surface area (Å²) >= 11 is 0. The zero-order chi connectivity index (χ0) is 8.81. The Labute approximate surface area is 75.1 Å². The van der Waals surface area contributed by atoms with Crippen molar-refractivity contribution in [3.63, 3.8) is 0 Å². The first-order valence-electron chi connectivity index (χ1n) is 4.76. The van der Waals surface area contributed by atoms with Crippen LogP contribution in [0.15, 0.2) is 0 Å². The second-order valence-electron chi connectivity index (χ2n) is 3.64. The average Bonchev–Trinajstić information content (AvgIpc) is 2.05. The van der Waals surface area contributed by atoms with Crippen LogP contribution in [0.3, 0.4) is 0 Å². The maximum Gasteiger partial charge on any atom is 0.0700 e. The van der Waals surface area contributed by atoms with E-state index in [1.807, 2.05) is 0 Å². The quantitative estimate of drug-likeness (QED) is 0.661. The van der Waals surface area contributed by atoms with Crippen molar-refractivity contribution < 1.29 is 4.74 Å². The number of morpholine rings is 1. The molecule has 1 rings (SSSR count). The fourth-order valence-corrected chi connectivity index (χ4v) is 1.44. The molecule has 12 heavy (non-hydrogen) atoms. The minimum atomic E-state index is 0.457. The summed E-state index contributed by atoms with van der Waals surface area (Å²) in [6, 6.07) is 0. The molecule has 72 valence electrons. The van der Waals surface area contributed by atoms with Crippen LogP contribution in [0.4, 0.5) is 0 Å². The summed E-state index contributed by atoms with van der Waals surface area (Å²) in [6.45, 7) is 4.10. The van der Waals surface area contributed by atoms with E-state index in [1.54, 1.807) is 0 Å². The van der Waals surface area contributed by atoms with E-state index in [2.05, 4.69) is 24.3 Å². The molecule has 3 heteroatoms. The van der Waals surface area contributed by atoms with Gasteiger partial charge in [0.2, 0.25) is 0 Å². The highest BCUT2D eigenvalue weighted by Crippen LogP contribution is 2.04. The van der Waals surface area contributed by atoms with Crippen LogP contribution in [0.25, 0.3) is 0 Å². The van der Waals surface area contributed by atoms with E-state index in [4.69, 9.17) is 4.74 Å². The van der Waals surface area contributed by atoms with Crippen molar-refractivity contribution in [2.45, 2.75) is 18.9 Å². The van der Waals surface area contributed by atoms with Gasteiger partial charge in [-0.1, -0.05) is 0 Å². The van der Waals surface area contributed by atoms with Crippen LogP contribution in [0.2, 0.25) is 0 Å². The standard InChI is InChI=1S/C9H20N2O/c1-11(2)6-3-4-9-8-10-5-7-12-9/h9-10H,3-8H2,1-2H3/t9-/m1/s1. The Bertz CT molecular complexity index is 111. The lowest BCUT2D eigenvalue weighted by molar-refractivity contribution is 0.0215. The van der Waals surface area contributed by atoms with Gasteiger partial charge in [-0.2, -0.15) is 0 Å². The van der Waals surface area contributed by atoms with E-state index in [9.17, 15) is 0 Å². The third kappa shape index (κ3) is 4.04. The Morgan fingerprint density at radius 2 is 2.33 bits per heavy atom. The fourth-order valence-electron chi connectivity index (χ4n) is 1.44. The van der Waals surface area contributed by atoms with Crippen LogP contribution < -0.4 is 5.32 Å². The number of rotatable bonds is 4. The van der Waals surface area contributed by atoms with Crippen molar-refractivity contribution in [2.24, 2.45) is 0 Å². The lowest BCUT2D eigenvalue weighted by atomic mass is 10.2. The van der Waals surface area contributed by atoms with Crippen LogP contribution in [0.5, 0.6) is 0 Å². The molecule has 1 aliphatic rings. The first-order valence-corrected chi connectivity index (χ1v) is 4.76. The molecule has 0 aromatic rings. The second kappa shape index (κ2) is 5.51. The van der Waals surface area contributed by atoms with Gasteiger partial charge in [0, 0.05) is 13.1 Å². The molecular weight excluding hydrogens is 152 g/mol. The maximum atomic E-state index is 5.58. The molecular formula is C9H20N2O. The van der Waals surface area contributed by atoms with Crippen molar-refractivity contribution in [3.05, 3.63) is 0 Å². The molecule has 1 fully saturated rings. The Kier molecular flexibility index (Phi) is 4.58. The van der Waals surface area contributed by atoms with Crippen LogP contribution in [0, 0.1) is 0 Å². The van der Waals surface area contributed by atoms with Crippen molar-refractivity contribution in [2.75, 3.05) is 40.3 Å². The highest BCUT2D eigenvalue weighted by atomic mass is 16.5. The van der Waals surface area contributed by atoms with Crippen molar-refractivity contribution >= 4 is 0 Å². The van der Waals surface area contributed by atoms with Gasteiger partial charge in [0.05, 0.1) is 12.7 Å². The van der Waals surface area contributed by atoms with Crippen molar-refractivity contribution in [1.82, 2.24) is 10.2 Å². The predicted octanol–water partition coefficient (Wildman–Crippen LogP) is 0.317. The molecule has 1 atom stereocenters. The molecule has 1 saturated heterocycles. The summed E-state index contributed by atoms with van der Waals surface area (Å²) in [6.07, 6.45) is 2.88. The molecule has 0 radical (unpaired) electrons. The Balaban J connectivity index is 1.98. The summed E-state index contributed by atoms with van der Waals surface area (Å²) in [4.78, 5) is 2.22. The van der Waals surface area contributed by atoms with E-state index in [0.717, 1.165) is 19.7 Å². The van der Waals surface area contributed by atoms with Gasteiger partial charge in [0.25, 0.3) is 0 Å². The molecule has 1 heterocycles. The molecule has 0 aromatic heterocycles. The van der Waals surface area contributed by atoms with E-state index in [1.165, 1.54) is 19.4 Å². The SMILES string of the molecule is CN(C)CCC[C@@H]1CNCCO1. The number of ether oxygens (including phenoxy) is 1. The summed E-state index contributed by atoms with van der Waals surface area (Å²) in [7, 11) is 4.22. The normalized spacial score (nSPS) is 24.8. The van der Waals surface area contributed by atoms with Crippen molar-refractivity contribution in [3.8, 4) is 0 Å². The molecule has 0 amide bonds. The topological polar surface area (TPSA) is 24.5 Å². The Morgan fingerprint density at radius 3 is 2.92 bits per heavy atom. The van der Waals surface area contributed by atoms with Gasteiger partial charge >= 0.3 is 0 Å². The average molecular weight is 172 g/mol. The van der Waals surface area contributed by atoms with Crippen LogP contribution >= 0.6 is 0 Å². The second-order valence-corrected chi connectivity index (χ2v) is 3.64. The third-order valence-electron chi connectivity index (χ3n) is 2.14. The highest BCUT2D eigenvalue weighted by molar-refractivity contribution is 4.67. The third-order valence-corrected chi connectivity index (χ3v) is 2.14. The van der Waals surface area contributed by atoms with Crippen LogP contribution in [-0.4, -0.2) is 51.3 Å². The van der Waals surface area contributed by atoms with E-state index in [-0.39, 0.29) is 0 Å². The summed E-state index contributed by atoms with van der Waals surface area (Å²) in [5, 5.41) is 3.33. The number of nitrogens with zero attached hydrogens (tertiary/aromatic N) is 1. The molecule has 0 unspecified atom stereocenters. The van der Waals surface area contributed by atoms with Gasteiger partial charge in [-0.15, -0.1) is 0 Å². The van der Waals surface area contributed by atoms with Crippen LogP contribution in [0.1, 0.15) is 12.8 Å². The van der Waals surface area contributed by atoms with Gasteiger partial charge in [-0.05, 0) is 33.5 Å². The monoisotopic (exact) mass is 172 g/mol. The molecule has 3 nitrogen and oxygen atoms in total. The Hall–Kier alpha value is -0.120. The van der Waals surface area contributed by atoms with Gasteiger partial charge in [-0.25, -0.2) is 0 Å². The first kappa shape index (κ1) is 9.96. The summed E-state index contributed by atoms with van der Waals surface area (Å²) < 4.78 is 5.58. The lowest BCUT2D eigenvalue weighted by Crippen LogP contribution is -2.38. The molecule has 0 saturated carbocycles. The van der Waals surface area contributed by atoms with Crippen LogP contribution in [-0.2, 0) is 4.74 Å². The highest BCUT2D eigenvalue weighted by Gasteiger charge is 2.12. The summed E-state index contributed by atoms with van der Waals surface area (Å²) in [5.74, 6) is 0. The first-order chi connectivity index (χ1) is 5.79. The molecule has 0 spiro atoms. The molecule has 0 bridgehead atoms. The molecule has 1 N–H and O–H groups in total. The number of hydrogen-bond acceptors (Lipinski definition) is 3. The number of hydrogen-bond donors (Lipinski definition) is 1. The van der Waals surface area contributed by atoms with Gasteiger partial charge < -0.3 is 15.0 Å². The van der Waals surface area contributed by atoms with E-state index in [0.29, 0.717) is 6.10 Å². The zero-order valence-electron chi connectivity index (χ0n) is 8.18. The number of nitrogens with one attached hydrogen (secondary N) is 1. The smallest absolute Gasteiger partial charge is 0.0700 e. The minimum Gasteiger partial charge on any atom is -0.376 e. The minimum absolute atomic E-state index is 0.457. The lowest BCUT2D eigenvalue weighted by Gasteiger charge is -2.23. The van der Waals surface area contributed by atoms with E-state index >= 15 is 0 Å². The summed E-state index contributed by atoms with van der Waals surface area (Å²) in [5.41, 5.74) is 0. The zero-order valence-corrected chi connectivity index (χ0v) is 8.18.